The van der Waals surface area contributed by atoms with Crippen molar-refractivity contribution in [2.75, 3.05) is 25.1 Å². The summed E-state index contributed by atoms with van der Waals surface area (Å²) in [5.74, 6) is 0. The molecule has 0 saturated carbocycles. The second kappa shape index (κ2) is 11.4. The molecule has 4 rings (SSSR count). The van der Waals surface area contributed by atoms with Gasteiger partial charge in [-0.1, -0.05) is 87.4 Å². The van der Waals surface area contributed by atoms with Crippen LogP contribution in [-0.2, 0) is 11.8 Å². The maximum Gasteiger partial charge on any atom is 0.110 e. The monoisotopic (exact) mass is 454 g/mol. The smallest absolute Gasteiger partial charge is 0.110 e. The number of anilines is 1. The molecule has 0 radical (unpaired) electrons. The van der Waals surface area contributed by atoms with Crippen LogP contribution >= 0.6 is 0 Å². The Hall–Kier alpha value is -3.04. The fraction of sp³-hybridized carbons (Fsp3) is 0.355. The summed E-state index contributed by atoms with van der Waals surface area (Å²) in [4.78, 5) is 2.53. The number of aryl methyl sites for hydroxylation is 1. The van der Waals surface area contributed by atoms with Gasteiger partial charge in [0.25, 0.3) is 0 Å². The quantitative estimate of drug-likeness (QED) is 0.228. The van der Waals surface area contributed by atoms with Crippen molar-refractivity contribution < 1.29 is 4.74 Å². The van der Waals surface area contributed by atoms with Gasteiger partial charge in [0.15, 0.2) is 0 Å². The van der Waals surface area contributed by atoms with E-state index in [-0.39, 0.29) is 6.10 Å². The molecule has 0 saturated heterocycles. The maximum absolute atomic E-state index is 6.21. The molecule has 4 aromatic rings. The van der Waals surface area contributed by atoms with Crippen molar-refractivity contribution in [2.45, 2.75) is 45.6 Å². The van der Waals surface area contributed by atoms with Crippen LogP contribution in [0.25, 0.3) is 22.2 Å². The lowest BCUT2D eigenvalue weighted by molar-refractivity contribution is 0.138. The summed E-state index contributed by atoms with van der Waals surface area (Å²) >= 11 is 0. The van der Waals surface area contributed by atoms with Gasteiger partial charge < -0.3 is 14.2 Å². The first-order chi connectivity index (χ1) is 16.7. The Morgan fingerprint density at radius 2 is 1.41 bits per heavy atom. The number of nitrogens with zero attached hydrogens (tertiary/aromatic N) is 2. The van der Waals surface area contributed by atoms with Crippen molar-refractivity contribution >= 4 is 16.6 Å². The molecule has 1 unspecified atom stereocenters. The first kappa shape index (κ1) is 24.1. The van der Waals surface area contributed by atoms with Gasteiger partial charge in [0.1, 0.15) is 6.10 Å². The number of hydrogen-bond donors (Lipinski definition) is 0. The van der Waals surface area contributed by atoms with Crippen LogP contribution in [0.3, 0.4) is 0 Å². The number of methoxy groups -OCH3 is 1. The van der Waals surface area contributed by atoms with E-state index >= 15 is 0 Å². The molecule has 0 fully saturated rings. The van der Waals surface area contributed by atoms with Crippen LogP contribution in [0.1, 0.15) is 56.8 Å². The van der Waals surface area contributed by atoms with Crippen molar-refractivity contribution in [1.29, 1.82) is 0 Å². The summed E-state index contributed by atoms with van der Waals surface area (Å²) in [6.45, 7) is 6.76. The molecule has 0 aliphatic carbocycles. The Kier molecular flexibility index (Phi) is 8.08. The first-order valence-electron chi connectivity index (χ1n) is 12.7. The third kappa shape index (κ3) is 4.90. The van der Waals surface area contributed by atoms with Crippen LogP contribution in [0.2, 0.25) is 0 Å². The van der Waals surface area contributed by atoms with Crippen molar-refractivity contribution in [1.82, 2.24) is 4.57 Å². The van der Waals surface area contributed by atoms with Crippen LogP contribution in [0.5, 0.6) is 0 Å². The molecule has 0 aliphatic heterocycles. The average Bonchev–Trinajstić information content (AvgIpc) is 3.18. The van der Waals surface area contributed by atoms with E-state index in [1.165, 1.54) is 64.7 Å². The summed E-state index contributed by atoms with van der Waals surface area (Å²) in [6.07, 6.45) is 4.74. The highest BCUT2D eigenvalue weighted by Crippen LogP contribution is 2.41. The summed E-state index contributed by atoms with van der Waals surface area (Å²) < 4.78 is 8.51. The van der Waals surface area contributed by atoms with Crippen molar-refractivity contribution in [3.05, 3.63) is 90.0 Å². The zero-order valence-corrected chi connectivity index (χ0v) is 21.1. The minimum Gasteiger partial charge on any atom is -0.372 e. The zero-order valence-electron chi connectivity index (χ0n) is 21.1. The third-order valence-corrected chi connectivity index (χ3v) is 6.82. The van der Waals surface area contributed by atoms with E-state index in [4.69, 9.17) is 4.74 Å². The van der Waals surface area contributed by atoms with Crippen molar-refractivity contribution in [2.24, 2.45) is 7.05 Å². The maximum atomic E-state index is 6.21. The fourth-order valence-corrected chi connectivity index (χ4v) is 4.98. The number of benzene rings is 3. The van der Waals surface area contributed by atoms with Gasteiger partial charge in [-0.25, -0.2) is 0 Å². The second-order valence-corrected chi connectivity index (χ2v) is 9.11. The highest BCUT2D eigenvalue weighted by atomic mass is 16.5. The molecular formula is C31H38N2O. The van der Waals surface area contributed by atoms with Crippen LogP contribution in [0.15, 0.2) is 78.9 Å². The SMILES string of the molecule is CCCCN(CCCC)c1ccc(C(OC)c2c(-c3ccccc3)n(C)c3ccccc23)cc1. The number of para-hydroxylation sites is 1. The summed E-state index contributed by atoms with van der Waals surface area (Å²) in [6, 6.07) is 28.4. The summed E-state index contributed by atoms with van der Waals surface area (Å²) in [5.41, 5.74) is 7.37. The summed E-state index contributed by atoms with van der Waals surface area (Å²) in [7, 11) is 3.98. The van der Waals surface area contributed by atoms with E-state index < -0.39 is 0 Å². The van der Waals surface area contributed by atoms with Crippen LogP contribution in [-0.4, -0.2) is 24.8 Å². The van der Waals surface area contributed by atoms with Crippen molar-refractivity contribution in [3.63, 3.8) is 0 Å². The van der Waals surface area contributed by atoms with Gasteiger partial charge in [0.05, 0.1) is 5.69 Å². The lowest BCUT2D eigenvalue weighted by Gasteiger charge is -2.26. The first-order valence-corrected chi connectivity index (χ1v) is 12.7. The van der Waals surface area contributed by atoms with Gasteiger partial charge in [-0.15, -0.1) is 0 Å². The van der Waals surface area contributed by atoms with Gasteiger partial charge in [-0.05, 0) is 42.2 Å². The van der Waals surface area contributed by atoms with Gasteiger partial charge in [-0.2, -0.15) is 0 Å². The Morgan fingerprint density at radius 3 is 2.03 bits per heavy atom. The molecule has 3 nitrogen and oxygen atoms in total. The fourth-order valence-electron chi connectivity index (χ4n) is 4.98. The molecule has 1 aromatic heterocycles. The number of unbranched alkanes of at least 4 members (excludes halogenated alkanes) is 2. The number of rotatable bonds is 11. The van der Waals surface area contributed by atoms with E-state index in [1.807, 2.05) is 7.11 Å². The molecule has 3 heteroatoms. The third-order valence-electron chi connectivity index (χ3n) is 6.82. The number of aromatic nitrogens is 1. The Balaban J connectivity index is 1.76. The Labute approximate surface area is 205 Å². The van der Waals surface area contributed by atoms with Crippen molar-refractivity contribution in [3.8, 4) is 11.3 Å². The lowest BCUT2D eigenvalue weighted by Crippen LogP contribution is -2.25. The van der Waals surface area contributed by atoms with E-state index in [9.17, 15) is 0 Å². The largest absolute Gasteiger partial charge is 0.372 e. The van der Waals surface area contributed by atoms with Crippen LogP contribution in [0, 0.1) is 0 Å². The molecule has 1 heterocycles. The minimum absolute atomic E-state index is 0.143. The van der Waals surface area contributed by atoms with Crippen LogP contribution in [0.4, 0.5) is 5.69 Å². The van der Waals surface area contributed by atoms with Gasteiger partial charge in [0, 0.05) is 49.4 Å². The predicted octanol–water partition coefficient (Wildman–Crippen LogP) is 7.99. The molecule has 0 N–H and O–H groups in total. The van der Waals surface area contributed by atoms with Gasteiger partial charge >= 0.3 is 0 Å². The highest BCUT2D eigenvalue weighted by Gasteiger charge is 2.25. The van der Waals surface area contributed by atoms with E-state index in [0.29, 0.717) is 0 Å². The molecule has 178 valence electrons. The van der Waals surface area contributed by atoms with Crippen LogP contribution < -0.4 is 4.90 Å². The number of ether oxygens (including phenoxy) is 1. The number of hydrogen-bond acceptors (Lipinski definition) is 2. The average molecular weight is 455 g/mol. The zero-order chi connectivity index (χ0) is 23.9. The van der Waals surface area contributed by atoms with E-state index in [1.54, 1.807) is 0 Å². The topological polar surface area (TPSA) is 17.4 Å². The van der Waals surface area contributed by atoms with E-state index in [2.05, 4.69) is 109 Å². The lowest BCUT2D eigenvalue weighted by atomic mass is 9.95. The molecule has 1 atom stereocenters. The number of fused-ring (bicyclic) bond motifs is 1. The molecule has 34 heavy (non-hydrogen) atoms. The highest BCUT2D eigenvalue weighted by molar-refractivity contribution is 5.92. The Morgan fingerprint density at radius 1 is 0.794 bits per heavy atom. The van der Waals surface area contributed by atoms with E-state index in [0.717, 1.165) is 13.1 Å². The molecule has 0 amide bonds. The Bertz CT molecular complexity index is 1170. The van der Waals surface area contributed by atoms with Gasteiger partial charge in [-0.3, -0.25) is 0 Å². The molecular weight excluding hydrogens is 416 g/mol. The molecule has 0 spiro atoms. The predicted molar refractivity (Wildman–Crippen MR) is 146 cm³/mol. The molecule has 0 aliphatic rings. The molecule has 3 aromatic carbocycles. The normalized spacial score (nSPS) is 12.2. The minimum atomic E-state index is -0.143. The van der Waals surface area contributed by atoms with Gasteiger partial charge in [0.2, 0.25) is 0 Å². The summed E-state index contributed by atoms with van der Waals surface area (Å²) in [5, 5.41) is 1.24. The molecule has 0 bridgehead atoms. The standard InChI is InChI=1S/C31H38N2O/c1-5-7-22-33(23-8-6-2)26-20-18-25(19-21-26)31(34-4)29-27-16-12-13-17-28(27)32(3)30(29)24-14-10-9-11-15-24/h9-21,31H,5-8,22-23H2,1-4H3. The second-order valence-electron chi connectivity index (χ2n) is 9.11.